The predicted molar refractivity (Wildman–Crippen MR) is 60.8 cm³/mol. The average molecular weight is 206 g/mol. The highest BCUT2D eigenvalue weighted by molar-refractivity contribution is 5.81. The van der Waals surface area contributed by atoms with E-state index < -0.39 is 6.10 Å². The second-order valence-electron chi connectivity index (χ2n) is 3.75. The lowest BCUT2D eigenvalue weighted by Gasteiger charge is -2.11. The van der Waals surface area contributed by atoms with E-state index in [1.54, 1.807) is 0 Å². The van der Waals surface area contributed by atoms with Gasteiger partial charge in [0.2, 0.25) is 0 Å². The van der Waals surface area contributed by atoms with Gasteiger partial charge in [-0.15, -0.1) is 0 Å². The molecular weight excluding hydrogens is 188 g/mol. The van der Waals surface area contributed by atoms with E-state index in [4.69, 9.17) is 0 Å². The molecule has 1 rings (SSSR count). The third-order valence-electron chi connectivity index (χ3n) is 2.69. The zero-order valence-corrected chi connectivity index (χ0v) is 9.58. The van der Waals surface area contributed by atoms with Gasteiger partial charge in [0, 0.05) is 0 Å². The summed E-state index contributed by atoms with van der Waals surface area (Å²) in [6, 6.07) is 5.77. The number of rotatable bonds is 4. The highest BCUT2D eigenvalue weighted by atomic mass is 16.3. The van der Waals surface area contributed by atoms with Gasteiger partial charge in [0.05, 0.1) is 0 Å². The first-order chi connectivity index (χ1) is 7.10. The van der Waals surface area contributed by atoms with Gasteiger partial charge < -0.3 is 5.11 Å². The number of carbonyl (C=O) groups is 1. The lowest BCUT2D eigenvalue weighted by Crippen LogP contribution is -2.08. The van der Waals surface area contributed by atoms with Gasteiger partial charge in [-0.3, -0.25) is 4.79 Å². The van der Waals surface area contributed by atoms with E-state index in [0.29, 0.717) is 5.56 Å². The molecule has 1 N–H and O–H groups in total. The number of carbonyl (C=O) groups excluding carboxylic acids is 1. The summed E-state index contributed by atoms with van der Waals surface area (Å²) in [5.74, 6) is -0.207. The SMILES string of the molecule is CCc1ccc(C(O)C(C)=O)cc1CC. The molecule has 2 nitrogen and oxygen atoms in total. The van der Waals surface area contributed by atoms with Crippen molar-refractivity contribution >= 4 is 5.78 Å². The first-order valence-corrected chi connectivity index (χ1v) is 5.40. The molecule has 1 aromatic carbocycles. The largest absolute Gasteiger partial charge is 0.381 e. The van der Waals surface area contributed by atoms with E-state index >= 15 is 0 Å². The summed E-state index contributed by atoms with van der Waals surface area (Å²) in [4.78, 5) is 11.0. The molecule has 0 saturated heterocycles. The van der Waals surface area contributed by atoms with Crippen LogP contribution in [-0.2, 0) is 17.6 Å². The summed E-state index contributed by atoms with van der Waals surface area (Å²) in [6.07, 6.45) is 0.947. The number of benzene rings is 1. The molecule has 1 atom stereocenters. The number of Topliss-reactive ketones (excluding diaryl/α,β-unsaturated/α-hetero) is 1. The molecule has 0 saturated carbocycles. The smallest absolute Gasteiger partial charge is 0.162 e. The molecule has 2 heteroatoms. The Morgan fingerprint density at radius 1 is 1.27 bits per heavy atom. The maximum Gasteiger partial charge on any atom is 0.162 e. The van der Waals surface area contributed by atoms with Crippen LogP contribution in [0, 0.1) is 0 Å². The molecule has 0 heterocycles. The van der Waals surface area contributed by atoms with Gasteiger partial charge in [-0.1, -0.05) is 32.0 Å². The number of aryl methyl sites for hydroxylation is 2. The summed E-state index contributed by atoms with van der Waals surface area (Å²) in [7, 11) is 0. The Hall–Kier alpha value is -1.15. The molecule has 1 aromatic rings. The van der Waals surface area contributed by atoms with Crippen molar-refractivity contribution in [3.8, 4) is 0 Å². The van der Waals surface area contributed by atoms with Gasteiger partial charge in [-0.25, -0.2) is 0 Å². The van der Waals surface area contributed by atoms with Crippen molar-refractivity contribution in [1.29, 1.82) is 0 Å². The van der Waals surface area contributed by atoms with Crippen LogP contribution in [0.25, 0.3) is 0 Å². The van der Waals surface area contributed by atoms with Crippen LogP contribution in [0.3, 0.4) is 0 Å². The molecule has 15 heavy (non-hydrogen) atoms. The lowest BCUT2D eigenvalue weighted by molar-refractivity contribution is -0.125. The standard InChI is InChI=1S/C13H18O2/c1-4-10-6-7-12(8-11(10)5-2)13(15)9(3)14/h6-8,13,15H,4-5H2,1-3H3. The number of hydrogen-bond acceptors (Lipinski definition) is 2. The molecular formula is C13H18O2. The Morgan fingerprint density at radius 2 is 1.87 bits per heavy atom. The molecule has 0 amide bonds. The van der Waals surface area contributed by atoms with Crippen molar-refractivity contribution in [2.45, 2.75) is 39.7 Å². The van der Waals surface area contributed by atoms with Crippen LogP contribution in [0.5, 0.6) is 0 Å². The minimum atomic E-state index is -0.971. The minimum Gasteiger partial charge on any atom is -0.381 e. The number of aliphatic hydroxyl groups is 1. The van der Waals surface area contributed by atoms with Crippen LogP contribution in [0.15, 0.2) is 18.2 Å². The number of hydrogen-bond donors (Lipinski definition) is 1. The average Bonchev–Trinajstić information content (AvgIpc) is 2.26. The van der Waals surface area contributed by atoms with Gasteiger partial charge in [-0.05, 0) is 36.5 Å². The lowest BCUT2D eigenvalue weighted by atomic mass is 9.97. The van der Waals surface area contributed by atoms with Crippen LogP contribution in [0.4, 0.5) is 0 Å². The molecule has 0 aliphatic carbocycles. The fourth-order valence-electron chi connectivity index (χ4n) is 1.72. The molecule has 82 valence electrons. The first-order valence-electron chi connectivity index (χ1n) is 5.40. The van der Waals surface area contributed by atoms with Crippen molar-refractivity contribution in [3.63, 3.8) is 0 Å². The third kappa shape index (κ3) is 2.66. The Morgan fingerprint density at radius 3 is 2.33 bits per heavy atom. The summed E-state index contributed by atoms with van der Waals surface area (Å²) < 4.78 is 0. The molecule has 0 aliphatic heterocycles. The normalized spacial score (nSPS) is 12.5. The van der Waals surface area contributed by atoms with Crippen molar-refractivity contribution in [2.24, 2.45) is 0 Å². The van der Waals surface area contributed by atoms with Crippen molar-refractivity contribution < 1.29 is 9.90 Å². The van der Waals surface area contributed by atoms with E-state index in [1.165, 1.54) is 18.1 Å². The van der Waals surface area contributed by atoms with Gasteiger partial charge in [0.15, 0.2) is 5.78 Å². The topological polar surface area (TPSA) is 37.3 Å². The summed E-state index contributed by atoms with van der Waals surface area (Å²) in [5.41, 5.74) is 3.21. The zero-order chi connectivity index (χ0) is 11.4. The van der Waals surface area contributed by atoms with Gasteiger partial charge in [-0.2, -0.15) is 0 Å². The van der Waals surface area contributed by atoms with Crippen molar-refractivity contribution in [3.05, 3.63) is 34.9 Å². The van der Waals surface area contributed by atoms with Crippen LogP contribution in [0.1, 0.15) is 43.6 Å². The van der Waals surface area contributed by atoms with Gasteiger partial charge in [0.25, 0.3) is 0 Å². The molecule has 1 unspecified atom stereocenters. The Bertz CT molecular complexity index is 356. The molecule has 0 aromatic heterocycles. The van der Waals surface area contributed by atoms with Crippen LogP contribution in [-0.4, -0.2) is 10.9 Å². The second-order valence-corrected chi connectivity index (χ2v) is 3.75. The summed E-state index contributed by atoms with van der Waals surface area (Å²) in [6.45, 7) is 5.60. The fraction of sp³-hybridized carbons (Fsp3) is 0.462. The summed E-state index contributed by atoms with van der Waals surface area (Å²) in [5, 5.41) is 9.63. The third-order valence-corrected chi connectivity index (χ3v) is 2.69. The van der Waals surface area contributed by atoms with Crippen LogP contribution >= 0.6 is 0 Å². The fourth-order valence-corrected chi connectivity index (χ4v) is 1.72. The van der Waals surface area contributed by atoms with Crippen molar-refractivity contribution in [2.75, 3.05) is 0 Å². The highest BCUT2D eigenvalue weighted by Crippen LogP contribution is 2.19. The highest BCUT2D eigenvalue weighted by Gasteiger charge is 2.13. The van der Waals surface area contributed by atoms with E-state index in [2.05, 4.69) is 13.8 Å². The molecule has 0 aliphatic rings. The zero-order valence-electron chi connectivity index (χ0n) is 9.58. The number of aliphatic hydroxyl groups excluding tert-OH is 1. The monoisotopic (exact) mass is 206 g/mol. The Labute approximate surface area is 90.9 Å². The molecule has 0 fully saturated rings. The Kier molecular flexibility index (Phi) is 4.04. The van der Waals surface area contributed by atoms with Crippen LogP contribution < -0.4 is 0 Å². The molecule has 0 radical (unpaired) electrons. The molecule has 0 spiro atoms. The van der Waals surface area contributed by atoms with E-state index in [0.717, 1.165) is 12.8 Å². The Balaban J connectivity index is 3.07. The van der Waals surface area contributed by atoms with E-state index in [1.807, 2.05) is 18.2 Å². The quantitative estimate of drug-likeness (QED) is 0.821. The first kappa shape index (κ1) is 11.9. The van der Waals surface area contributed by atoms with Crippen molar-refractivity contribution in [1.82, 2.24) is 0 Å². The van der Waals surface area contributed by atoms with Gasteiger partial charge >= 0.3 is 0 Å². The predicted octanol–water partition coefficient (Wildman–Crippen LogP) is 2.43. The van der Waals surface area contributed by atoms with Crippen LogP contribution in [0.2, 0.25) is 0 Å². The maximum absolute atomic E-state index is 11.0. The van der Waals surface area contributed by atoms with E-state index in [-0.39, 0.29) is 5.78 Å². The van der Waals surface area contributed by atoms with E-state index in [9.17, 15) is 9.90 Å². The summed E-state index contributed by atoms with van der Waals surface area (Å²) >= 11 is 0. The minimum absolute atomic E-state index is 0.207. The second kappa shape index (κ2) is 5.08. The number of ketones is 1. The molecule has 0 bridgehead atoms. The maximum atomic E-state index is 11.0. The van der Waals surface area contributed by atoms with Gasteiger partial charge in [0.1, 0.15) is 6.10 Å².